The lowest BCUT2D eigenvalue weighted by Crippen LogP contribution is -2.22. The Morgan fingerprint density at radius 1 is 1.16 bits per heavy atom. The molecule has 4 rings (SSSR count). The fourth-order valence-corrected chi connectivity index (χ4v) is 4.12. The highest BCUT2D eigenvalue weighted by Gasteiger charge is 2.18. The van der Waals surface area contributed by atoms with Gasteiger partial charge in [-0.25, -0.2) is 0 Å². The van der Waals surface area contributed by atoms with Crippen molar-refractivity contribution < 1.29 is 18.6 Å². The summed E-state index contributed by atoms with van der Waals surface area (Å²) < 4.78 is 25.3. The van der Waals surface area contributed by atoms with Gasteiger partial charge in [-0.05, 0) is 43.2 Å². The molecule has 2 atom stereocenters. The van der Waals surface area contributed by atoms with Crippen LogP contribution in [0.25, 0.3) is 10.9 Å². The molecular weight excluding hydrogens is 406 g/mol. The lowest BCUT2D eigenvalue weighted by Gasteiger charge is -2.22. The van der Waals surface area contributed by atoms with Crippen LogP contribution in [-0.4, -0.2) is 17.5 Å². The molecule has 1 aliphatic rings. The minimum Gasteiger partial charge on any atom is -0.463 e. The Balaban J connectivity index is 1.46. The second-order valence-corrected chi connectivity index (χ2v) is 8.39. The van der Waals surface area contributed by atoms with Crippen LogP contribution in [0.15, 0.2) is 58.1 Å². The van der Waals surface area contributed by atoms with Gasteiger partial charge in [0.05, 0.1) is 5.52 Å². The van der Waals surface area contributed by atoms with E-state index in [-0.39, 0.29) is 30.3 Å². The van der Waals surface area contributed by atoms with Crippen molar-refractivity contribution in [3.05, 3.63) is 64.8 Å². The molecule has 0 amide bonds. The molecule has 0 saturated carbocycles. The summed E-state index contributed by atoms with van der Waals surface area (Å²) in [6.45, 7) is 3.13. The Morgan fingerprint density at radius 3 is 2.88 bits per heavy atom. The molecule has 6 heteroatoms. The lowest BCUT2D eigenvalue weighted by molar-refractivity contribution is -0.171. The number of para-hydroxylation sites is 1. The maximum Gasteiger partial charge on any atom is 0.227 e. The smallest absolute Gasteiger partial charge is 0.227 e. The fraction of sp³-hybridized carbons (Fsp3) is 0.500. The van der Waals surface area contributed by atoms with Crippen molar-refractivity contribution in [3.8, 4) is 5.75 Å². The van der Waals surface area contributed by atoms with Gasteiger partial charge in [0.1, 0.15) is 18.6 Å². The highest BCUT2D eigenvalue weighted by atomic mass is 16.7. The molecule has 6 nitrogen and oxygen atoms in total. The quantitative estimate of drug-likeness (QED) is 0.334. The average Bonchev–Trinajstić information content (AvgIpc) is 3.26. The van der Waals surface area contributed by atoms with Crippen LogP contribution >= 0.6 is 0 Å². The Labute approximate surface area is 189 Å². The van der Waals surface area contributed by atoms with E-state index in [4.69, 9.17) is 18.6 Å². The van der Waals surface area contributed by atoms with Crippen LogP contribution in [0.5, 0.6) is 5.75 Å². The highest BCUT2D eigenvalue weighted by Crippen LogP contribution is 2.26. The number of rotatable bonds is 11. The van der Waals surface area contributed by atoms with Crippen molar-refractivity contribution >= 4 is 10.9 Å². The molecule has 0 spiro atoms. The number of fused-ring (bicyclic) bond motifs is 1. The zero-order chi connectivity index (χ0) is 22.2. The first-order valence-electron chi connectivity index (χ1n) is 11.8. The Bertz CT molecular complexity index is 1030. The van der Waals surface area contributed by atoms with Gasteiger partial charge >= 0.3 is 0 Å². The van der Waals surface area contributed by atoms with Gasteiger partial charge in [0.2, 0.25) is 11.2 Å². The molecule has 1 aromatic carbocycles. The summed E-state index contributed by atoms with van der Waals surface area (Å²) in [5.41, 5.74) is 0.893. The largest absolute Gasteiger partial charge is 0.463 e. The normalized spacial score (nSPS) is 17.5. The molecule has 0 aliphatic carbocycles. The molecule has 0 radical (unpaired) electrons. The van der Waals surface area contributed by atoms with E-state index >= 15 is 0 Å². The van der Waals surface area contributed by atoms with Crippen LogP contribution in [0.4, 0.5) is 0 Å². The molecule has 1 fully saturated rings. The second-order valence-electron chi connectivity index (χ2n) is 8.39. The third-order valence-electron chi connectivity index (χ3n) is 5.91. The fourth-order valence-electron chi connectivity index (χ4n) is 4.12. The van der Waals surface area contributed by atoms with Crippen molar-refractivity contribution in [2.45, 2.75) is 77.4 Å². The van der Waals surface area contributed by atoms with Gasteiger partial charge < -0.3 is 23.2 Å². The van der Waals surface area contributed by atoms with Crippen LogP contribution in [0.1, 0.15) is 70.3 Å². The summed E-state index contributed by atoms with van der Waals surface area (Å²) in [4.78, 5) is 12.8. The Hall–Kier alpha value is -2.57. The summed E-state index contributed by atoms with van der Waals surface area (Å²) >= 11 is 0. The summed E-state index contributed by atoms with van der Waals surface area (Å²) in [6.07, 6.45) is 11.3. The van der Waals surface area contributed by atoms with Gasteiger partial charge in [-0.3, -0.25) is 4.79 Å². The van der Waals surface area contributed by atoms with Gasteiger partial charge in [0.25, 0.3) is 0 Å². The van der Waals surface area contributed by atoms with E-state index in [0.717, 1.165) is 56.0 Å². The number of aromatic nitrogens is 1. The first-order valence-corrected chi connectivity index (χ1v) is 11.8. The van der Waals surface area contributed by atoms with Crippen molar-refractivity contribution in [3.63, 3.8) is 0 Å². The predicted octanol–water partition coefficient (Wildman–Crippen LogP) is 6.19. The molecule has 1 aliphatic heterocycles. The molecule has 1 saturated heterocycles. The number of ether oxygens (including phenoxy) is 3. The monoisotopic (exact) mass is 439 g/mol. The van der Waals surface area contributed by atoms with E-state index in [1.54, 1.807) is 0 Å². The Kier molecular flexibility index (Phi) is 8.02. The van der Waals surface area contributed by atoms with Crippen LogP contribution in [0.3, 0.4) is 0 Å². The molecule has 3 heterocycles. The first kappa shape index (κ1) is 22.6. The molecule has 0 bridgehead atoms. The molecule has 3 aromatic rings. The van der Waals surface area contributed by atoms with Gasteiger partial charge in [0.15, 0.2) is 12.5 Å². The maximum atomic E-state index is 12.8. The average molecular weight is 440 g/mol. The standard InChI is InChI=1S/C26H33NO5/c1-2-3-4-5-12-25(27-15-14-20-10-6-7-11-22(20)27)32-24-19-30-21(17-23(24)28)18-31-26-13-8-9-16-29-26/h6-7,10-11,14-15,17,19,25-26H,2-5,8-9,12-13,16,18H2,1H3. The van der Waals surface area contributed by atoms with E-state index in [9.17, 15) is 4.79 Å². The number of unbranched alkanes of at least 4 members (excludes halogenated alkanes) is 3. The van der Waals surface area contributed by atoms with Crippen LogP contribution in [0, 0.1) is 0 Å². The topological polar surface area (TPSA) is 62.8 Å². The van der Waals surface area contributed by atoms with Gasteiger partial charge in [0, 0.05) is 25.3 Å². The first-order chi connectivity index (χ1) is 15.7. The van der Waals surface area contributed by atoms with Crippen LogP contribution in [-0.2, 0) is 16.1 Å². The van der Waals surface area contributed by atoms with Gasteiger partial charge in [-0.2, -0.15) is 0 Å². The zero-order valence-electron chi connectivity index (χ0n) is 18.8. The highest BCUT2D eigenvalue weighted by molar-refractivity contribution is 5.80. The molecule has 2 aromatic heterocycles. The third kappa shape index (κ3) is 5.81. The zero-order valence-corrected chi connectivity index (χ0v) is 18.8. The summed E-state index contributed by atoms with van der Waals surface area (Å²) in [7, 11) is 0. The summed E-state index contributed by atoms with van der Waals surface area (Å²) in [5.74, 6) is 0.698. The summed E-state index contributed by atoms with van der Waals surface area (Å²) in [5, 5.41) is 1.15. The van der Waals surface area contributed by atoms with Crippen LogP contribution < -0.4 is 10.2 Å². The van der Waals surface area contributed by atoms with Crippen LogP contribution in [0.2, 0.25) is 0 Å². The second kappa shape index (κ2) is 11.3. The molecular formula is C26H33NO5. The molecule has 2 unspecified atom stereocenters. The van der Waals surface area contributed by atoms with Gasteiger partial charge in [-0.15, -0.1) is 0 Å². The van der Waals surface area contributed by atoms with E-state index in [2.05, 4.69) is 29.7 Å². The Morgan fingerprint density at radius 2 is 2.06 bits per heavy atom. The van der Waals surface area contributed by atoms with E-state index in [1.165, 1.54) is 25.2 Å². The van der Waals surface area contributed by atoms with E-state index in [1.807, 2.05) is 18.3 Å². The van der Waals surface area contributed by atoms with E-state index in [0.29, 0.717) is 5.76 Å². The van der Waals surface area contributed by atoms with Crippen molar-refractivity contribution in [1.82, 2.24) is 4.57 Å². The number of nitrogens with zero attached hydrogens (tertiary/aromatic N) is 1. The predicted molar refractivity (Wildman–Crippen MR) is 124 cm³/mol. The maximum absolute atomic E-state index is 12.8. The van der Waals surface area contributed by atoms with Crippen molar-refractivity contribution in [2.75, 3.05) is 6.61 Å². The number of hydrogen-bond acceptors (Lipinski definition) is 5. The number of benzene rings is 1. The van der Waals surface area contributed by atoms with Crippen molar-refractivity contribution in [2.24, 2.45) is 0 Å². The van der Waals surface area contributed by atoms with Crippen molar-refractivity contribution in [1.29, 1.82) is 0 Å². The lowest BCUT2D eigenvalue weighted by atomic mass is 10.1. The molecule has 32 heavy (non-hydrogen) atoms. The molecule has 172 valence electrons. The van der Waals surface area contributed by atoms with Gasteiger partial charge in [-0.1, -0.05) is 44.4 Å². The molecule has 0 N–H and O–H groups in total. The number of hydrogen-bond donors (Lipinski definition) is 0. The minimum absolute atomic E-state index is 0.200. The SMILES string of the molecule is CCCCCCC(Oc1coc(COC2CCCCO2)cc1=O)n1ccc2ccccc21. The minimum atomic E-state index is -0.271. The third-order valence-corrected chi connectivity index (χ3v) is 5.91. The van der Waals surface area contributed by atoms with E-state index < -0.39 is 0 Å². The summed E-state index contributed by atoms with van der Waals surface area (Å²) in [6, 6.07) is 11.7.